The van der Waals surface area contributed by atoms with Gasteiger partial charge in [-0.25, -0.2) is 4.98 Å². The highest BCUT2D eigenvalue weighted by atomic mass is 15.3. The van der Waals surface area contributed by atoms with E-state index in [1.165, 1.54) is 12.8 Å². The van der Waals surface area contributed by atoms with Crippen molar-refractivity contribution in [3.8, 4) is 0 Å². The number of nitrogens with zero attached hydrogens (tertiary/aromatic N) is 2. The molecule has 0 aliphatic rings. The molecular formula is C17H28N4. The van der Waals surface area contributed by atoms with Crippen molar-refractivity contribution in [2.75, 3.05) is 23.7 Å². The fraction of sp³-hybridized carbons (Fsp3) is 0.588. The summed E-state index contributed by atoms with van der Waals surface area (Å²) >= 11 is 0. The molecule has 0 bridgehead atoms. The molecule has 0 saturated heterocycles. The largest absolute Gasteiger partial charge is 0.399 e. The van der Waals surface area contributed by atoms with Crippen LogP contribution in [0, 0.1) is 11.8 Å². The van der Waals surface area contributed by atoms with Crippen molar-refractivity contribution in [3.05, 3.63) is 18.2 Å². The highest BCUT2D eigenvalue weighted by molar-refractivity contribution is 5.80. The average Bonchev–Trinajstić information content (AvgIpc) is 2.80. The molecule has 4 heteroatoms. The van der Waals surface area contributed by atoms with E-state index >= 15 is 0 Å². The highest BCUT2D eigenvalue weighted by Crippen LogP contribution is 2.21. The highest BCUT2D eigenvalue weighted by Gasteiger charge is 2.13. The third kappa shape index (κ3) is 4.38. The summed E-state index contributed by atoms with van der Waals surface area (Å²) in [6, 6.07) is 5.84. The summed E-state index contributed by atoms with van der Waals surface area (Å²) in [5, 5.41) is 0. The van der Waals surface area contributed by atoms with Crippen LogP contribution in [0.3, 0.4) is 0 Å². The van der Waals surface area contributed by atoms with Crippen LogP contribution < -0.4 is 10.6 Å². The predicted octanol–water partition coefficient (Wildman–Crippen LogP) is 4.04. The Morgan fingerprint density at radius 1 is 1.10 bits per heavy atom. The Balaban J connectivity index is 2.19. The van der Waals surface area contributed by atoms with E-state index in [2.05, 4.69) is 37.6 Å². The maximum absolute atomic E-state index is 5.84. The fourth-order valence-electron chi connectivity index (χ4n) is 2.32. The van der Waals surface area contributed by atoms with Crippen molar-refractivity contribution < 1.29 is 0 Å². The van der Waals surface area contributed by atoms with Crippen molar-refractivity contribution in [1.82, 2.24) is 9.97 Å². The Labute approximate surface area is 127 Å². The summed E-state index contributed by atoms with van der Waals surface area (Å²) in [7, 11) is 0. The van der Waals surface area contributed by atoms with Crippen molar-refractivity contribution in [3.63, 3.8) is 0 Å². The number of nitrogen functional groups attached to an aromatic ring is 1. The third-order valence-electron chi connectivity index (χ3n) is 3.75. The van der Waals surface area contributed by atoms with E-state index in [1.807, 2.05) is 18.2 Å². The van der Waals surface area contributed by atoms with Gasteiger partial charge in [-0.2, -0.15) is 0 Å². The van der Waals surface area contributed by atoms with Gasteiger partial charge >= 0.3 is 0 Å². The minimum Gasteiger partial charge on any atom is -0.399 e. The monoisotopic (exact) mass is 288 g/mol. The normalized spacial score (nSPS) is 11.7. The van der Waals surface area contributed by atoms with Crippen LogP contribution in [0.4, 0.5) is 11.6 Å². The molecule has 0 spiro atoms. The minimum atomic E-state index is 0.701. The lowest BCUT2D eigenvalue weighted by atomic mass is 10.1. The Hall–Kier alpha value is -1.71. The van der Waals surface area contributed by atoms with Gasteiger partial charge < -0.3 is 15.6 Å². The number of hydrogen-bond acceptors (Lipinski definition) is 3. The SMILES string of the molecule is CC(C)CCN(CCC(C)C)c1nc2ccc(N)cc2[nH]1. The molecule has 0 aliphatic carbocycles. The lowest BCUT2D eigenvalue weighted by Crippen LogP contribution is -2.28. The van der Waals surface area contributed by atoms with E-state index in [-0.39, 0.29) is 0 Å². The van der Waals surface area contributed by atoms with Gasteiger partial charge in [-0.1, -0.05) is 27.7 Å². The second-order valence-corrected chi connectivity index (χ2v) is 6.69. The summed E-state index contributed by atoms with van der Waals surface area (Å²) in [5.41, 5.74) is 8.62. The quantitative estimate of drug-likeness (QED) is 0.756. The average molecular weight is 288 g/mol. The Bertz CT molecular complexity index is 559. The van der Waals surface area contributed by atoms with Crippen LogP contribution >= 0.6 is 0 Å². The van der Waals surface area contributed by atoms with Crippen molar-refractivity contribution in [2.24, 2.45) is 11.8 Å². The molecule has 2 aromatic rings. The van der Waals surface area contributed by atoms with Gasteiger partial charge in [-0.05, 0) is 42.9 Å². The van der Waals surface area contributed by atoms with Crippen LogP contribution in [0.2, 0.25) is 0 Å². The molecule has 0 aliphatic heterocycles. The predicted molar refractivity (Wildman–Crippen MR) is 91.6 cm³/mol. The Morgan fingerprint density at radius 2 is 1.71 bits per heavy atom. The molecule has 1 aromatic heterocycles. The van der Waals surface area contributed by atoms with Gasteiger partial charge in [0, 0.05) is 18.8 Å². The molecule has 0 saturated carbocycles. The molecule has 0 fully saturated rings. The number of nitrogens with two attached hydrogens (primary N) is 1. The molecule has 1 heterocycles. The van der Waals surface area contributed by atoms with E-state index in [9.17, 15) is 0 Å². The molecule has 21 heavy (non-hydrogen) atoms. The molecular weight excluding hydrogens is 260 g/mol. The van der Waals surface area contributed by atoms with E-state index in [0.29, 0.717) is 11.8 Å². The van der Waals surface area contributed by atoms with E-state index in [0.717, 1.165) is 35.8 Å². The first-order chi connectivity index (χ1) is 9.95. The maximum atomic E-state index is 5.84. The van der Waals surface area contributed by atoms with Crippen molar-refractivity contribution in [2.45, 2.75) is 40.5 Å². The molecule has 1 aromatic carbocycles. The molecule has 2 rings (SSSR count). The fourth-order valence-corrected chi connectivity index (χ4v) is 2.32. The van der Waals surface area contributed by atoms with Crippen LogP contribution in [0.25, 0.3) is 11.0 Å². The number of aromatic nitrogens is 2. The topological polar surface area (TPSA) is 57.9 Å². The van der Waals surface area contributed by atoms with Crippen molar-refractivity contribution in [1.29, 1.82) is 0 Å². The van der Waals surface area contributed by atoms with Gasteiger partial charge in [0.15, 0.2) is 0 Å². The molecule has 0 radical (unpaired) electrons. The number of H-pyrrole nitrogens is 1. The summed E-state index contributed by atoms with van der Waals surface area (Å²) < 4.78 is 0. The number of nitrogens with one attached hydrogen (secondary N) is 1. The van der Waals surface area contributed by atoms with Crippen LogP contribution in [0.5, 0.6) is 0 Å². The van der Waals surface area contributed by atoms with Crippen LogP contribution in [0.15, 0.2) is 18.2 Å². The number of benzene rings is 1. The molecule has 116 valence electrons. The lowest BCUT2D eigenvalue weighted by Gasteiger charge is -2.23. The zero-order chi connectivity index (χ0) is 15.4. The Morgan fingerprint density at radius 3 is 2.29 bits per heavy atom. The van der Waals surface area contributed by atoms with Crippen molar-refractivity contribution >= 4 is 22.7 Å². The van der Waals surface area contributed by atoms with Gasteiger partial charge in [0.05, 0.1) is 11.0 Å². The van der Waals surface area contributed by atoms with Gasteiger partial charge in [-0.15, -0.1) is 0 Å². The molecule has 0 atom stereocenters. The summed E-state index contributed by atoms with van der Waals surface area (Å²) in [6.07, 6.45) is 2.36. The third-order valence-corrected chi connectivity index (χ3v) is 3.75. The first kappa shape index (κ1) is 15.7. The first-order valence-corrected chi connectivity index (χ1v) is 7.96. The van der Waals surface area contributed by atoms with Crippen LogP contribution in [-0.4, -0.2) is 23.1 Å². The van der Waals surface area contributed by atoms with E-state index < -0.39 is 0 Å². The summed E-state index contributed by atoms with van der Waals surface area (Å²) in [5.74, 6) is 2.37. The molecule has 0 unspecified atom stereocenters. The van der Waals surface area contributed by atoms with Crippen LogP contribution in [0.1, 0.15) is 40.5 Å². The van der Waals surface area contributed by atoms with Crippen LogP contribution in [-0.2, 0) is 0 Å². The standard InChI is InChI=1S/C17H28N4/c1-12(2)7-9-21(10-8-13(3)4)17-19-15-6-5-14(18)11-16(15)20-17/h5-6,11-13H,7-10,18H2,1-4H3,(H,19,20). The number of hydrogen-bond donors (Lipinski definition) is 2. The molecule has 0 amide bonds. The zero-order valence-electron chi connectivity index (χ0n) is 13.7. The number of anilines is 2. The molecule has 4 nitrogen and oxygen atoms in total. The Kier molecular flexibility index (Phi) is 5.10. The van der Waals surface area contributed by atoms with E-state index in [1.54, 1.807) is 0 Å². The number of aromatic amines is 1. The second-order valence-electron chi connectivity index (χ2n) is 6.69. The van der Waals surface area contributed by atoms with E-state index in [4.69, 9.17) is 10.7 Å². The lowest BCUT2D eigenvalue weighted by molar-refractivity contribution is 0.531. The first-order valence-electron chi connectivity index (χ1n) is 7.96. The van der Waals surface area contributed by atoms with Gasteiger partial charge in [0.25, 0.3) is 0 Å². The summed E-state index contributed by atoms with van der Waals surface area (Å²) in [4.78, 5) is 10.5. The smallest absolute Gasteiger partial charge is 0.203 e. The number of fused-ring (bicyclic) bond motifs is 1. The zero-order valence-corrected chi connectivity index (χ0v) is 13.7. The minimum absolute atomic E-state index is 0.701. The second kappa shape index (κ2) is 6.83. The van der Waals surface area contributed by atoms with Gasteiger partial charge in [0.1, 0.15) is 0 Å². The van der Waals surface area contributed by atoms with Gasteiger partial charge in [-0.3, -0.25) is 0 Å². The number of imidazole rings is 1. The summed E-state index contributed by atoms with van der Waals surface area (Å²) in [6.45, 7) is 11.1. The molecule has 3 N–H and O–H groups in total. The van der Waals surface area contributed by atoms with Gasteiger partial charge in [0.2, 0.25) is 5.95 Å². The number of rotatable bonds is 7. The maximum Gasteiger partial charge on any atom is 0.203 e.